The lowest BCUT2D eigenvalue weighted by Crippen LogP contribution is -2.40. The first-order chi connectivity index (χ1) is 18.1. The smallest absolute Gasteiger partial charge is 0.265 e. The molecule has 37 heavy (non-hydrogen) atoms. The summed E-state index contributed by atoms with van der Waals surface area (Å²) in [5, 5.41) is 3.10. The van der Waals surface area contributed by atoms with Gasteiger partial charge in [-0.2, -0.15) is 0 Å². The zero-order chi connectivity index (χ0) is 25.1. The van der Waals surface area contributed by atoms with Crippen molar-refractivity contribution in [2.75, 3.05) is 4.90 Å². The number of thioether (sulfide) groups is 1. The molecule has 0 saturated carbocycles. The average molecular weight is 521 g/mol. The molecule has 7 rings (SSSR count). The van der Waals surface area contributed by atoms with Gasteiger partial charge in [0.05, 0.1) is 15.9 Å². The third-order valence-electron chi connectivity index (χ3n) is 6.69. The van der Waals surface area contributed by atoms with Gasteiger partial charge in [-0.05, 0) is 52.7 Å². The number of imide groups is 1. The summed E-state index contributed by atoms with van der Waals surface area (Å²) in [6.45, 7) is 0. The molecule has 0 saturated heterocycles. The lowest BCUT2D eigenvalue weighted by atomic mass is 9.94. The van der Waals surface area contributed by atoms with Gasteiger partial charge >= 0.3 is 0 Å². The summed E-state index contributed by atoms with van der Waals surface area (Å²) in [6.07, 6.45) is 0. The maximum absolute atomic E-state index is 14.2. The van der Waals surface area contributed by atoms with Crippen LogP contribution in [-0.4, -0.2) is 16.8 Å². The Labute approximate surface area is 219 Å². The van der Waals surface area contributed by atoms with Crippen molar-refractivity contribution >= 4 is 72.4 Å². The van der Waals surface area contributed by atoms with Crippen LogP contribution < -0.4 is 4.90 Å². The number of fused-ring (bicyclic) bond motifs is 2. The number of benzene rings is 5. The standard InChI is InChI=1S/C30H17FN2O2S2/c31-24-13-11-18(20-7-1-2-8-21(20)24)16-36-30-32-25-14-12-19(15-26(25)37-30)33-28(34)22-9-3-5-17-6-4-10-23(27(17)22)29(33)35/h1-15H,16H2. The van der Waals surface area contributed by atoms with Crippen molar-refractivity contribution in [3.05, 3.63) is 114 Å². The van der Waals surface area contributed by atoms with Crippen LogP contribution in [0.2, 0.25) is 0 Å². The van der Waals surface area contributed by atoms with Gasteiger partial charge in [0, 0.05) is 27.7 Å². The van der Waals surface area contributed by atoms with Crippen LogP contribution in [0.1, 0.15) is 26.3 Å². The van der Waals surface area contributed by atoms with E-state index in [1.807, 2.05) is 60.7 Å². The van der Waals surface area contributed by atoms with Crippen molar-refractivity contribution in [2.45, 2.75) is 10.1 Å². The molecule has 2 amide bonds. The number of thiazole rings is 1. The van der Waals surface area contributed by atoms with E-state index in [2.05, 4.69) is 0 Å². The summed E-state index contributed by atoms with van der Waals surface area (Å²) in [4.78, 5) is 32.8. The molecule has 1 aliphatic heterocycles. The first kappa shape index (κ1) is 22.2. The van der Waals surface area contributed by atoms with E-state index in [-0.39, 0.29) is 17.6 Å². The summed E-state index contributed by atoms with van der Waals surface area (Å²) in [7, 11) is 0. The van der Waals surface area contributed by atoms with Crippen LogP contribution in [-0.2, 0) is 5.75 Å². The van der Waals surface area contributed by atoms with Gasteiger partial charge < -0.3 is 0 Å². The van der Waals surface area contributed by atoms with E-state index < -0.39 is 0 Å². The number of anilines is 1. The number of carbonyl (C=O) groups is 2. The highest BCUT2D eigenvalue weighted by molar-refractivity contribution is 8.00. The molecule has 0 aliphatic carbocycles. The number of rotatable bonds is 4. The zero-order valence-electron chi connectivity index (χ0n) is 19.3. The summed E-state index contributed by atoms with van der Waals surface area (Å²) in [5.74, 6) is -0.221. The fourth-order valence-electron chi connectivity index (χ4n) is 4.95. The molecule has 0 atom stereocenters. The highest BCUT2D eigenvalue weighted by Crippen LogP contribution is 2.37. The second-order valence-electron chi connectivity index (χ2n) is 8.83. The number of nitrogens with zero attached hydrogens (tertiary/aromatic N) is 2. The Hall–Kier alpha value is -4.07. The molecule has 4 nitrogen and oxygen atoms in total. The van der Waals surface area contributed by atoms with Crippen molar-refractivity contribution < 1.29 is 14.0 Å². The van der Waals surface area contributed by atoms with Crippen LogP contribution in [0, 0.1) is 5.82 Å². The molecule has 0 unspecified atom stereocenters. The Bertz CT molecular complexity index is 1860. The molecule has 6 aromatic rings. The summed E-state index contributed by atoms with van der Waals surface area (Å²) < 4.78 is 15.9. The topological polar surface area (TPSA) is 50.3 Å². The molecular formula is C30H17FN2O2S2. The number of hydrogen-bond acceptors (Lipinski definition) is 5. The van der Waals surface area contributed by atoms with E-state index in [0.717, 1.165) is 30.9 Å². The lowest BCUT2D eigenvalue weighted by molar-refractivity contribution is 0.0893. The molecule has 1 aromatic heterocycles. The number of amides is 2. The molecule has 0 fully saturated rings. The fourth-order valence-corrected chi connectivity index (χ4v) is 7.05. The van der Waals surface area contributed by atoms with Gasteiger partial charge in [0.15, 0.2) is 4.34 Å². The molecule has 5 aromatic carbocycles. The van der Waals surface area contributed by atoms with Gasteiger partial charge in [0.2, 0.25) is 0 Å². The summed E-state index contributed by atoms with van der Waals surface area (Å²) in [6, 6.07) is 27.3. The number of carbonyl (C=O) groups excluding carboxylic acids is 2. The highest BCUT2D eigenvalue weighted by Gasteiger charge is 2.34. The maximum atomic E-state index is 14.2. The molecule has 1 aliphatic rings. The van der Waals surface area contributed by atoms with Crippen LogP contribution in [0.25, 0.3) is 31.8 Å². The molecule has 7 heteroatoms. The van der Waals surface area contributed by atoms with Crippen molar-refractivity contribution in [3.8, 4) is 0 Å². The largest absolute Gasteiger partial charge is 0.268 e. The fraction of sp³-hybridized carbons (Fsp3) is 0.0333. The van der Waals surface area contributed by atoms with E-state index >= 15 is 0 Å². The molecule has 0 N–H and O–H groups in total. The molecular weight excluding hydrogens is 503 g/mol. The average Bonchev–Trinajstić information content (AvgIpc) is 3.34. The van der Waals surface area contributed by atoms with Crippen LogP contribution in [0.3, 0.4) is 0 Å². The molecule has 0 radical (unpaired) electrons. The Morgan fingerprint density at radius 3 is 2.30 bits per heavy atom. The Morgan fingerprint density at radius 2 is 1.54 bits per heavy atom. The molecule has 178 valence electrons. The van der Waals surface area contributed by atoms with Crippen molar-refractivity contribution in [3.63, 3.8) is 0 Å². The van der Waals surface area contributed by atoms with Crippen molar-refractivity contribution in [1.82, 2.24) is 4.98 Å². The lowest BCUT2D eigenvalue weighted by Gasteiger charge is -2.27. The minimum Gasteiger partial charge on any atom is -0.268 e. The number of aromatic nitrogens is 1. The Morgan fingerprint density at radius 1 is 0.811 bits per heavy atom. The maximum Gasteiger partial charge on any atom is 0.265 e. The second-order valence-corrected chi connectivity index (χ2v) is 11.1. The van der Waals surface area contributed by atoms with Crippen LogP contribution in [0.5, 0.6) is 0 Å². The Kier molecular flexibility index (Phi) is 5.09. The zero-order valence-corrected chi connectivity index (χ0v) is 20.9. The number of hydrogen-bond donors (Lipinski definition) is 0. The predicted molar refractivity (Wildman–Crippen MR) is 148 cm³/mol. The molecule has 0 spiro atoms. The second kappa shape index (κ2) is 8.50. The molecule has 0 bridgehead atoms. The van der Waals surface area contributed by atoms with E-state index in [1.54, 1.807) is 36.0 Å². The third kappa shape index (κ3) is 3.54. The van der Waals surface area contributed by atoms with Crippen LogP contribution in [0.15, 0.2) is 95.3 Å². The minimum absolute atomic E-state index is 0.225. The summed E-state index contributed by atoms with van der Waals surface area (Å²) >= 11 is 3.10. The minimum atomic E-state index is -0.323. The van der Waals surface area contributed by atoms with Gasteiger partial charge in [0.1, 0.15) is 5.82 Å². The molecule has 2 heterocycles. The van der Waals surface area contributed by atoms with Gasteiger partial charge in [-0.3, -0.25) is 9.59 Å². The van der Waals surface area contributed by atoms with Crippen molar-refractivity contribution in [1.29, 1.82) is 0 Å². The first-order valence-corrected chi connectivity index (χ1v) is 13.5. The van der Waals surface area contributed by atoms with E-state index in [9.17, 15) is 14.0 Å². The van der Waals surface area contributed by atoms with Gasteiger partial charge in [-0.25, -0.2) is 14.3 Å². The first-order valence-electron chi connectivity index (χ1n) is 11.7. The normalized spacial score (nSPS) is 13.3. The quantitative estimate of drug-likeness (QED) is 0.176. The predicted octanol–water partition coefficient (Wildman–Crippen LogP) is 7.83. The number of halogens is 1. The van der Waals surface area contributed by atoms with Crippen LogP contribution in [0.4, 0.5) is 10.1 Å². The monoisotopic (exact) mass is 520 g/mol. The van der Waals surface area contributed by atoms with Crippen molar-refractivity contribution in [2.24, 2.45) is 0 Å². The van der Waals surface area contributed by atoms with Gasteiger partial charge in [-0.1, -0.05) is 66.4 Å². The van der Waals surface area contributed by atoms with E-state index in [1.165, 1.54) is 22.3 Å². The van der Waals surface area contributed by atoms with Crippen LogP contribution >= 0.6 is 23.1 Å². The third-order valence-corrected chi connectivity index (χ3v) is 8.90. The SMILES string of the molecule is O=C1c2cccc3cccc(c23)C(=O)N1c1ccc2nc(SCc3ccc(F)c4ccccc34)sc2c1. The highest BCUT2D eigenvalue weighted by atomic mass is 32.2. The Balaban J connectivity index is 1.21. The van der Waals surface area contributed by atoms with E-state index in [4.69, 9.17) is 4.98 Å². The summed E-state index contributed by atoms with van der Waals surface area (Å²) in [5.41, 5.74) is 3.43. The van der Waals surface area contributed by atoms with E-state index in [0.29, 0.717) is 33.3 Å². The van der Waals surface area contributed by atoms with Gasteiger partial charge in [-0.15, -0.1) is 11.3 Å². The van der Waals surface area contributed by atoms with Gasteiger partial charge in [0.25, 0.3) is 11.8 Å².